The number of aromatic nitrogens is 2. The first kappa shape index (κ1) is 18.9. The van der Waals surface area contributed by atoms with E-state index in [4.69, 9.17) is 4.98 Å². The van der Waals surface area contributed by atoms with E-state index in [0.717, 1.165) is 22.1 Å². The van der Waals surface area contributed by atoms with Crippen LogP contribution in [0.1, 0.15) is 37.6 Å². The Morgan fingerprint density at radius 2 is 1.89 bits per heavy atom. The van der Waals surface area contributed by atoms with Crippen LogP contribution in [-0.4, -0.2) is 22.0 Å². The summed E-state index contributed by atoms with van der Waals surface area (Å²) in [5.41, 5.74) is 2.59. The molecule has 2 aromatic carbocycles. The van der Waals surface area contributed by atoms with Gasteiger partial charge in [-0.3, -0.25) is 14.2 Å². The lowest BCUT2D eigenvalue weighted by Crippen LogP contribution is -2.32. The molecule has 0 N–H and O–H groups in total. The van der Waals surface area contributed by atoms with Gasteiger partial charge < -0.3 is 4.90 Å². The number of benzene rings is 2. The van der Waals surface area contributed by atoms with Gasteiger partial charge in [0, 0.05) is 29.7 Å². The summed E-state index contributed by atoms with van der Waals surface area (Å²) in [6.45, 7) is 5.22. The van der Waals surface area contributed by atoms with Gasteiger partial charge in [0.1, 0.15) is 5.82 Å². The number of carbonyl (C=O) groups is 1. The molecule has 4 rings (SSSR count). The Balaban J connectivity index is 1.82. The van der Waals surface area contributed by atoms with Crippen molar-refractivity contribution in [2.75, 3.05) is 11.4 Å². The monoisotopic (exact) mass is 439 g/mol. The number of hydrogen-bond donors (Lipinski definition) is 0. The molecule has 0 fully saturated rings. The summed E-state index contributed by atoms with van der Waals surface area (Å²) >= 11 is 3.53. The van der Waals surface area contributed by atoms with Gasteiger partial charge in [-0.2, -0.15) is 0 Å². The summed E-state index contributed by atoms with van der Waals surface area (Å²) in [4.78, 5) is 32.7. The van der Waals surface area contributed by atoms with Crippen molar-refractivity contribution in [3.8, 4) is 0 Å². The first-order valence-corrected chi connectivity index (χ1v) is 10.4. The summed E-state index contributed by atoms with van der Waals surface area (Å²) in [7, 11) is 0. The van der Waals surface area contributed by atoms with Crippen LogP contribution in [0, 0.1) is 0 Å². The quantitative estimate of drug-likeness (QED) is 0.596. The van der Waals surface area contributed by atoms with Crippen LogP contribution in [0.25, 0.3) is 10.9 Å². The highest BCUT2D eigenvalue weighted by Gasteiger charge is 2.37. The van der Waals surface area contributed by atoms with E-state index in [9.17, 15) is 9.59 Å². The molecule has 2 heterocycles. The fourth-order valence-electron chi connectivity index (χ4n) is 4.02. The summed E-state index contributed by atoms with van der Waals surface area (Å²) in [5.74, 6) is 0.416. The van der Waals surface area contributed by atoms with Crippen LogP contribution in [-0.2, 0) is 17.8 Å². The smallest absolute Gasteiger partial charge is 0.261 e. The molecule has 0 bridgehead atoms. The van der Waals surface area contributed by atoms with Crippen molar-refractivity contribution in [2.24, 2.45) is 0 Å². The molecular weight excluding hydrogens is 418 g/mol. The maximum atomic E-state index is 13.2. The van der Waals surface area contributed by atoms with E-state index < -0.39 is 0 Å². The number of anilines is 1. The second-order valence-electron chi connectivity index (χ2n) is 7.04. The molecule has 1 aliphatic heterocycles. The normalized spacial score (nSPS) is 16.0. The Morgan fingerprint density at radius 3 is 2.64 bits per heavy atom. The average Bonchev–Trinajstić information content (AvgIpc) is 2.94. The van der Waals surface area contributed by atoms with Crippen molar-refractivity contribution in [1.82, 2.24) is 9.55 Å². The number of para-hydroxylation sites is 1. The van der Waals surface area contributed by atoms with E-state index in [2.05, 4.69) is 22.9 Å². The van der Waals surface area contributed by atoms with Crippen LogP contribution in [0.3, 0.4) is 0 Å². The Bertz CT molecular complexity index is 1120. The molecule has 0 spiro atoms. The first-order valence-electron chi connectivity index (χ1n) is 9.64. The van der Waals surface area contributed by atoms with Gasteiger partial charge in [-0.1, -0.05) is 35.0 Å². The Hall–Kier alpha value is -2.47. The highest BCUT2D eigenvalue weighted by Crippen LogP contribution is 2.40. The summed E-state index contributed by atoms with van der Waals surface area (Å²) < 4.78 is 2.64. The third kappa shape index (κ3) is 3.05. The number of nitrogens with zero attached hydrogens (tertiary/aromatic N) is 3. The van der Waals surface area contributed by atoms with Crippen LogP contribution in [0.4, 0.5) is 5.69 Å². The molecule has 28 heavy (non-hydrogen) atoms. The summed E-state index contributed by atoms with van der Waals surface area (Å²) in [6.07, 6.45) is 1.30. The Kier molecular flexibility index (Phi) is 5.06. The average molecular weight is 440 g/mol. The predicted molar refractivity (Wildman–Crippen MR) is 115 cm³/mol. The van der Waals surface area contributed by atoms with Crippen LogP contribution >= 0.6 is 15.9 Å². The van der Waals surface area contributed by atoms with Gasteiger partial charge in [0.15, 0.2) is 0 Å². The van der Waals surface area contributed by atoms with E-state index in [1.54, 1.807) is 10.6 Å². The van der Waals surface area contributed by atoms with Gasteiger partial charge in [0.05, 0.1) is 16.8 Å². The largest absolute Gasteiger partial charge is 0.312 e. The van der Waals surface area contributed by atoms with E-state index in [-0.39, 0.29) is 17.4 Å². The molecule has 0 aliphatic carbocycles. The van der Waals surface area contributed by atoms with Crippen molar-refractivity contribution < 1.29 is 4.79 Å². The van der Waals surface area contributed by atoms with Gasteiger partial charge >= 0.3 is 0 Å². The third-order valence-corrected chi connectivity index (χ3v) is 5.80. The number of fused-ring (bicyclic) bond motifs is 2. The van der Waals surface area contributed by atoms with E-state index in [1.807, 2.05) is 48.2 Å². The van der Waals surface area contributed by atoms with Crippen molar-refractivity contribution in [3.05, 3.63) is 68.7 Å². The number of halogens is 1. The maximum Gasteiger partial charge on any atom is 0.261 e. The molecule has 144 valence electrons. The lowest BCUT2D eigenvalue weighted by Gasteiger charge is -2.17. The maximum absolute atomic E-state index is 13.2. The topological polar surface area (TPSA) is 55.2 Å². The fraction of sp³-hybridized carbons (Fsp3) is 0.318. The number of amides is 1. The Labute approximate surface area is 172 Å². The highest BCUT2D eigenvalue weighted by atomic mass is 79.9. The van der Waals surface area contributed by atoms with E-state index in [0.29, 0.717) is 36.2 Å². The molecule has 0 radical (unpaired) electrons. The lowest BCUT2D eigenvalue weighted by atomic mass is 9.96. The summed E-state index contributed by atoms with van der Waals surface area (Å²) in [5, 5.41) is 0.613. The van der Waals surface area contributed by atoms with Crippen molar-refractivity contribution in [2.45, 2.75) is 39.2 Å². The van der Waals surface area contributed by atoms with Gasteiger partial charge in [-0.15, -0.1) is 0 Å². The predicted octanol–water partition coefficient (Wildman–Crippen LogP) is 4.26. The molecule has 3 aromatic rings. The number of rotatable bonds is 5. The van der Waals surface area contributed by atoms with E-state index >= 15 is 0 Å². The molecular formula is C22H22BrN3O2. The molecule has 1 amide bonds. The van der Waals surface area contributed by atoms with Crippen molar-refractivity contribution in [1.29, 1.82) is 0 Å². The molecule has 0 saturated heterocycles. The number of hydrogen-bond acceptors (Lipinski definition) is 3. The second-order valence-corrected chi connectivity index (χ2v) is 7.96. The van der Waals surface area contributed by atoms with Gasteiger partial charge in [-0.05, 0) is 49.2 Å². The van der Waals surface area contributed by atoms with Crippen molar-refractivity contribution in [3.63, 3.8) is 0 Å². The second kappa shape index (κ2) is 7.51. The number of carbonyl (C=O) groups excluding carboxylic acids is 1. The van der Waals surface area contributed by atoms with Crippen LogP contribution in [0.15, 0.2) is 51.7 Å². The first-order chi connectivity index (χ1) is 13.5. The highest BCUT2D eigenvalue weighted by molar-refractivity contribution is 9.10. The van der Waals surface area contributed by atoms with Gasteiger partial charge in [0.25, 0.3) is 5.56 Å². The molecule has 0 saturated carbocycles. The minimum atomic E-state index is -0.329. The van der Waals surface area contributed by atoms with Crippen LogP contribution in [0.2, 0.25) is 0 Å². The minimum Gasteiger partial charge on any atom is -0.312 e. The third-order valence-electron chi connectivity index (χ3n) is 5.31. The fourth-order valence-corrected chi connectivity index (χ4v) is 4.40. The van der Waals surface area contributed by atoms with Crippen LogP contribution < -0.4 is 10.5 Å². The minimum absolute atomic E-state index is 0.0478. The zero-order valence-electron chi connectivity index (χ0n) is 16.0. The Morgan fingerprint density at radius 1 is 1.11 bits per heavy atom. The lowest BCUT2D eigenvalue weighted by molar-refractivity contribution is -0.119. The molecule has 0 unspecified atom stereocenters. The molecule has 6 heteroatoms. The van der Waals surface area contributed by atoms with Crippen LogP contribution in [0.5, 0.6) is 0 Å². The van der Waals surface area contributed by atoms with Gasteiger partial charge in [-0.25, -0.2) is 4.98 Å². The SMILES string of the molecule is CCCN1C(=O)[C@@H](Cc2nc3ccccc3c(=O)n2CC)c2cc(Br)ccc21. The van der Waals surface area contributed by atoms with E-state index in [1.165, 1.54) is 0 Å². The standard InChI is InChI=1S/C22H22BrN3O2/c1-3-11-26-19-10-9-14(23)12-16(19)17(22(26)28)13-20-24-18-8-6-5-7-15(18)21(27)25(20)4-2/h5-10,12,17H,3-4,11,13H2,1-2H3/t17-/m0/s1. The molecule has 1 aromatic heterocycles. The molecule has 1 aliphatic rings. The summed E-state index contributed by atoms with van der Waals surface area (Å²) in [6, 6.07) is 13.4. The zero-order chi connectivity index (χ0) is 19.8. The molecule has 5 nitrogen and oxygen atoms in total. The zero-order valence-corrected chi connectivity index (χ0v) is 17.6. The van der Waals surface area contributed by atoms with Gasteiger partial charge in [0.2, 0.25) is 5.91 Å². The molecule has 1 atom stereocenters. The van der Waals surface area contributed by atoms with Crippen molar-refractivity contribution >= 4 is 38.4 Å².